The lowest BCUT2D eigenvalue weighted by molar-refractivity contribution is -0.147. The zero-order chi connectivity index (χ0) is 17.5. The Balaban J connectivity index is 1.97. The number of hydrogen-bond donors (Lipinski definition) is 1. The Morgan fingerprint density at radius 2 is 1.96 bits per heavy atom. The van der Waals surface area contributed by atoms with Gasteiger partial charge in [-0.05, 0) is 53.5 Å². The molecular weight excluding hydrogens is 313 g/mol. The van der Waals surface area contributed by atoms with E-state index in [2.05, 4.69) is 38.2 Å². The third-order valence-corrected chi connectivity index (χ3v) is 5.16. The third-order valence-electron chi connectivity index (χ3n) is 5.16. The summed E-state index contributed by atoms with van der Waals surface area (Å²) in [4.78, 5) is 1.54. The fourth-order valence-electron chi connectivity index (χ4n) is 3.84. The predicted molar refractivity (Wildman–Crippen MR) is 90.2 cm³/mol. The quantitative estimate of drug-likeness (QED) is 0.862. The van der Waals surface area contributed by atoms with Gasteiger partial charge in [-0.1, -0.05) is 32.9 Å². The molecule has 3 rings (SSSR count). The highest BCUT2D eigenvalue weighted by molar-refractivity contribution is 5.44. The first-order chi connectivity index (χ1) is 11.1. The van der Waals surface area contributed by atoms with Gasteiger partial charge in [0.1, 0.15) is 0 Å². The zero-order valence-corrected chi connectivity index (χ0v) is 14.8. The van der Waals surface area contributed by atoms with Crippen LogP contribution in [0.15, 0.2) is 12.1 Å². The molecule has 1 saturated heterocycles. The summed E-state index contributed by atoms with van der Waals surface area (Å²) in [6, 6.07) is 4.74. The summed E-state index contributed by atoms with van der Waals surface area (Å²) in [5.41, 5.74) is 4.92. The van der Waals surface area contributed by atoms with Gasteiger partial charge in [0.15, 0.2) is 0 Å². The summed E-state index contributed by atoms with van der Waals surface area (Å²) in [5, 5.41) is 3.52. The van der Waals surface area contributed by atoms with E-state index in [-0.39, 0.29) is 11.5 Å². The van der Waals surface area contributed by atoms with Crippen molar-refractivity contribution in [2.24, 2.45) is 0 Å². The highest BCUT2D eigenvalue weighted by atomic mass is 19.4. The Kier molecular flexibility index (Phi) is 4.69. The molecule has 1 aromatic carbocycles. The highest BCUT2D eigenvalue weighted by Gasteiger charge is 2.34. The number of benzene rings is 1. The number of nitrogens with zero attached hydrogens (tertiary/aromatic N) is 1. The van der Waals surface area contributed by atoms with Crippen LogP contribution in [0.2, 0.25) is 0 Å². The van der Waals surface area contributed by atoms with Gasteiger partial charge in [0.05, 0.1) is 6.54 Å². The average molecular weight is 340 g/mol. The van der Waals surface area contributed by atoms with E-state index in [0.717, 1.165) is 24.9 Å². The van der Waals surface area contributed by atoms with Crippen LogP contribution in [0, 0.1) is 0 Å². The summed E-state index contributed by atoms with van der Waals surface area (Å²) in [6.45, 7) is 7.65. The van der Waals surface area contributed by atoms with E-state index in [9.17, 15) is 13.2 Å². The van der Waals surface area contributed by atoms with Crippen LogP contribution in [0.25, 0.3) is 0 Å². The van der Waals surface area contributed by atoms with E-state index in [0.29, 0.717) is 19.5 Å². The summed E-state index contributed by atoms with van der Waals surface area (Å²) >= 11 is 0. The Hall–Kier alpha value is -1.07. The second-order valence-corrected chi connectivity index (χ2v) is 8.18. The fourth-order valence-corrected chi connectivity index (χ4v) is 3.84. The van der Waals surface area contributed by atoms with E-state index in [1.807, 2.05) is 0 Å². The Labute approximate surface area is 142 Å². The normalized spacial score (nSPS) is 22.7. The second-order valence-electron chi connectivity index (χ2n) is 8.18. The van der Waals surface area contributed by atoms with Crippen molar-refractivity contribution in [3.05, 3.63) is 34.4 Å². The molecule has 0 saturated carbocycles. The Morgan fingerprint density at radius 3 is 2.54 bits per heavy atom. The van der Waals surface area contributed by atoms with E-state index in [1.54, 1.807) is 0 Å². The molecule has 0 aromatic heterocycles. The zero-order valence-electron chi connectivity index (χ0n) is 14.8. The van der Waals surface area contributed by atoms with Crippen LogP contribution in [0.1, 0.15) is 61.9 Å². The number of nitrogens with one attached hydrogen (secondary N) is 1. The Bertz CT molecular complexity index is 596. The van der Waals surface area contributed by atoms with Crippen molar-refractivity contribution in [3.63, 3.8) is 0 Å². The van der Waals surface area contributed by atoms with E-state index in [1.165, 1.54) is 21.6 Å². The van der Waals surface area contributed by atoms with Crippen molar-refractivity contribution in [1.82, 2.24) is 10.2 Å². The maximum atomic E-state index is 12.8. The van der Waals surface area contributed by atoms with Crippen molar-refractivity contribution in [2.45, 2.75) is 64.2 Å². The molecule has 5 heteroatoms. The number of fused-ring (bicyclic) bond motifs is 1. The molecule has 0 amide bonds. The lowest BCUT2D eigenvalue weighted by atomic mass is 9.80. The molecule has 0 aliphatic carbocycles. The first kappa shape index (κ1) is 17.7. The molecule has 2 nitrogen and oxygen atoms in total. The monoisotopic (exact) mass is 340 g/mol. The molecule has 1 unspecified atom stereocenters. The smallest absolute Gasteiger partial charge is 0.310 e. The second kappa shape index (κ2) is 6.34. The first-order valence-electron chi connectivity index (χ1n) is 8.82. The first-order valence-corrected chi connectivity index (χ1v) is 8.82. The van der Waals surface area contributed by atoms with E-state index < -0.39 is 12.7 Å². The number of halogens is 3. The van der Waals surface area contributed by atoms with Gasteiger partial charge < -0.3 is 5.32 Å². The average Bonchev–Trinajstić information content (AvgIpc) is 2.97. The van der Waals surface area contributed by atoms with Crippen LogP contribution in [0.5, 0.6) is 0 Å². The standard InChI is InChI=1S/C19H27F3N2/c1-18(2,3)14-9-13-6-8-24(12-19(20,21)22)11-16(13)15(10-14)17-5-4-7-23-17/h9-10,17,23H,4-8,11-12H2,1-3H3. The Morgan fingerprint density at radius 1 is 1.21 bits per heavy atom. The largest absolute Gasteiger partial charge is 0.401 e. The van der Waals surface area contributed by atoms with Gasteiger partial charge in [-0.3, -0.25) is 4.90 Å². The third kappa shape index (κ3) is 3.94. The van der Waals surface area contributed by atoms with Gasteiger partial charge in [-0.2, -0.15) is 13.2 Å². The van der Waals surface area contributed by atoms with Crippen molar-refractivity contribution >= 4 is 0 Å². The lowest BCUT2D eigenvalue weighted by Crippen LogP contribution is -2.39. The maximum absolute atomic E-state index is 12.8. The molecule has 0 radical (unpaired) electrons. The molecule has 134 valence electrons. The summed E-state index contributed by atoms with van der Waals surface area (Å²) < 4.78 is 38.4. The van der Waals surface area contributed by atoms with Gasteiger partial charge in [0, 0.05) is 19.1 Å². The summed E-state index contributed by atoms with van der Waals surface area (Å²) in [5.74, 6) is 0. The van der Waals surface area contributed by atoms with Crippen molar-refractivity contribution in [1.29, 1.82) is 0 Å². The van der Waals surface area contributed by atoms with Crippen LogP contribution < -0.4 is 5.32 Å². The maximum Gasteiger partial charge on any atom is 0.401 e. The minimum atomic E-state index is -4.13. The SMILES string of the molecule is CC(C)(C)c1cc2c(c(C3CCCN3)c1)CN(CC(F)(F)F)CC2. The topological polar surface area (TPSA) is 15.3 Å². The van der Waals surface area contributed by atoms with Gasteiger partial charge >= 0.3 is 6.18 Å². The summed E-state index contributed by atoms with van der Waals surface area (Å²) in [6.07, 6.45) is -1.23. The number of hydrogen-bond acceptors (Lipinski definition) is 2. The molecule has 2 heterocycles. The van der Waals surface area contributed by atoms with Crippen molar-refractivity contribution < 1.29 is 13.2 Å². The van der Waals surface area contributed by atoms with Gasteiger partial charge in [0.2, 0.25) is 0 Å². The lowest BCUT2D eigenvalue weighted by Gasteiger charge is -2.34. The van der Waals surface area contributed by atoms with E-state index >= 15 is 0 Å². The molecule has 0 bridgehead atoms. The minimum absolute atomic E-state index is 0.0471. The molecule has 24 heavy (non-hydrogen) atoms. The van der Waals surface area contributed by atoms with Crippen molar-refractivity contribution in [3.8, 4) is 0 Å². The van der Waals surface area contributed by atoms with E-state index in [4.69, 9.17) is 0 Å². The molecule has 2 aliphatic heterocycles. The van der Waals surface area contributed by atoms with Crippen LogP contribution in [-0.4, -0.2) is 30.7 Å². The molecule has 1 N–H and O–H groups in total. The number of alkyl halides is 3. The fraction of sp³-hybridized carbons (Fsp3) is 0.684. The predicted octanol–water partition coefficient (Wildman–Crippen LogP) is 4.33. The molecule has 0 spiro atoms. The van der Waals surface area contributed by atoms with Crippen LogP contribution in [-0.2, 0) is 18.4 Å². The van der Waals surface area contributed by atoms with Crippen LogP contribution in [0.4, 0.5) is 13.2 Å². The minimum Gasteiger partial charge on any atom is -0.310 e. The number of rotatable bonds is 2. The van der Waals surface area contributed by atoms with Crippen LogP contribution in [0.3, 0.4) is 0 Å². The van der Waals surface area contributed by atoms with Gasteiger partial charge in [0.25, 0.3) is 0 Å². The van der Waals surface area contributed by atoms with Crippen LogP contribution >= 0.6 is 0 Å². The molecule has 1 aromatic rings. The molecule has 2 aliphatic rings. The molecule has 1 atom stereocenters. The molecule has 1 fully saturated rings. The van der Waals surface area contributed by atoms with Gasteiger partial charge in [-0.25, -0.2) is 0 Å². The van der Waals surface area contributed by atoms with Gasteiger partial charge in [-0.15, -0.1) is 0 Å². The van der Waals surface area contributed by atoms with Crippen molar-refractivity contribution in [2.75, 3.05) is 19.6 Å². The highest BCUT2D eigenvalue weighted by Crippen LogP contribution is 2.36. The summed E-state index contributed by atoms with van der Waals surface area (Å²) in [7, 11) is 0. The molecular formula is C19H27F3N2.